The van der Waals surface area contributed by atoms with Crippen molar-refractivity contribution in [1.29, 1.82) is 0 Å². The maximum atomic E-state index is 13.2. The summed E-state index contributed by atoms with van der Waals surface area (Å²) in [6.07, 6.45) is 0. The van der Waals surface area contributed by atoms with Crippen molar-refractivity contribution < 1.29 is 25.1 Å². The van der Waals surface area contributed by atoms with Crippen LogP contribution in [0.1, 0.15) is 87.8 Å². The predicted molar refractivity (Wildman–Crippen MR) is 109 cm³/mol. The number of hydrogen-bond donors (Lipinski definition) is 0. The molecule has 0 N–H and O–H groups in total. The fraction of sp³-hybridized carbons (Fsp3) is 0.409. The van der Waals surface area contributed by atoms with Gasteiger partial charge in [-0.25, -0.2) is 0 Å². The minimum atomic E-state index is 0. The molecule has 0 saturated heterocycles. The molecule has 1 atom stereocenters. The number of carbonyl (C=O) groups excluding carboxylic acids is 1. The Bertz CT molecular complexity index is 682. The molecule has 0 saturated carbocycles. The van der Waals surface area contributed by atoms with Crippen molar-refractivity contribution in [2.45, 2.75) is 59.3 Å². The molecule has 0 aliphatic rings. The molecule has 2 rings (SSSR count). The maximum absolute atomic E-state index is 13.2. The van der Waals surface area contributed by atoms with Crippen molar-refractivity contribution in [1.82, 2.24) is 0 Å². The van der Waals surface area contributed by atoms with Crippen molar-refractivity contribution in [3.05, 3.63) is 64.7 Å². The van der Waals surface area contributed by atoms with Gasteiger partial charge in [0.25, 0.3) is 0 Å². The quantitative estimate of drug-likeness (QED) is 0.578. The van der Waals surface area contributed by atoms with Crippen molar-refractivity contribution in [2.24, 2.45) is 0 Å². The van der Waals surface area contributed by atoms with Gasteiger partial charge in [0.1, 0.15) is 0 Å². The first-order valence-corrected chi connectivity index (χ1v) is 9.85. The molecule has 2 aromatic carbocycles. The molecule has 25 heavy (non-hydrogen) atoms. The largest absolute Gasteiger partial charge is 1.00 e. The molecule has 0 radical (unpaired) electrons. The third-order valence-corrected chi connectivity index (χ3v) is 5.49. The SMILES string of the molecule is CC(C)c1cc(C(C)C)c(C(=O)Pc2ccccc2)c(C(C)C)c1.[H-].[Li+]. The Labute approximate surface area is 168 Å². The molecule has 0 aliphatic heterocycles. The van der Waals surface area contributed by atoms with Crippen molar-refractivity contribution in [2.75, 3.05) is 0 Å². The smallest absolute Gasteiger partial charge is 1.00 e. The van der Waals surface area contributed by atoms with E-state index in [1.54, 1.807) is 0 Å². The van der Waals surface area contributed by atoms with Crippen LogP contribution in [0.3, 0.4) is 0 Å². The van der Waals surface area contributed by atoms with Gasteiger partial charge in [-0.1, -0.05) is 84.0 Å². The van der Waals surface area contributed by atoms with Crippen molar-refractivity contribution >= 4 is 19.4 Å². The zero-order valence-corrected chi connectivity index (χ0v) is 17.7. The molecule has 130 valence electrons. The first-order valence-electron chi connectivity index (χ1n) is 8.85. The van der Waals surface area contributed by atoms with E-state index in [4.69, 9.17) is 0 Å². The minimum Gasteiger partial charge on any atom is -1.00 e. The third-order valence-electron chi connectivity index (χ3n) is 4.39. The summed E-state index contributed by atoms with van der Waals surface area (Å²) >= 11 is 0. The first-order chi connectivity index (χ1) is 11.3. The summed E-state index contributed by atoms with van der Waals surface area (Å²) in [4.78, 5) is 13.2. The number of rotatable bonds is 6. The van der Waals surface area contributed by atoms with Gasteiger partial charge in [-0.15, -0.1) is 0 Å². The molecular weight excluding hydrogens is 318 g/mol. The monoisotopic (exact) mass is 348 g/mol. The maximum Gasteiger partial charge on any atom is 1.00 e. The van der Waals surface area contributed by atoms with E-state index in [9.17, 15) is 4.79 Å². The Morgan fingerprint density at radius 2 is 1.32 bits per heavy atom. The number of hydrogen-bond acceptors (Lipinski definition) is 1. The fourth-order valence-electron chi connectivity index (χ4n) is 2.93. The Kier molecular flexibility index (Phi) is 8.63. The van der Waals surface area contributed by atoms with Gasteiger partial charge in [-0.2, -0.15) is 0 Å². The summed E-state index contributed by atoms with van der Waals surface area (Å²) in [5.41, 5.74) is 4.98. The summed E-state index contributed by atoms with van der Waals surface area (Å²) in [5, 5.41) is 1.11. The fourth-order valence-corrected chi connectivity index (χ4v) is 3.97. The van der Waals surface area contributed by atoms with Crippen molar-refractivity contribution in [3.8, 4) is 0 Å². The first kappa shape index (κ1) is 22.2. The van der Waals surface area contributed by atoms with Crippen LogP contribution in [0.5, 0.6) is 0 Å². The second-order valence-corrected chi connectivity index (χ2v) is 8.64. The van der Waals surface area contributed by atoms with Crippen LogP contribution in [0.15, 0.2) is 42.5 Å². The molecule has 0 amide bonds. The average Bonchev–Trinajstić information content (AvgIpc) is 2.54. The van der Waals surface area contributed by atoms with Gasteiger partial charge in [0.15, 0.2) is 5.52 Å². The van der Waals surface area contributed by atoms with Crippen molar-refractivity contribution in [3.63, 3.8) is 0 Å². The zero-order chi connectivity index (χ0) is 17.9. The molecule has 2 aromatic rings. The van der Waals surface area contributed by atoms with Crippen LogP contribution in [0, 0.1) is 0 Å². The molecule has 3 heteroatoms. The van der Waals surface area contributed by atoms with E-state index in [0.717, 1.165) is 10.9 Å². The summed E-state index contributed by atoms with van der Waals surface area (Å²) in [5.74, 6) is 1.17. The second kappa shape index (κ2) is 9.73. The van der Waals surface area contributed by atoms with E-state index < -0.39 is 0 Å². The predicted octanol–water partition coefficient (Wildman–Crippen LogP) is 3.32. The minimum absolute atomic E-state index is 0. The van der Waals surface area contributed by atoms with Crippen LogP contribution < -0.4 is 24.2 Å². The molecule has 0 aliphatic carbocycles. The molecule has 0 bridgehead atoms. The normalized spacial score (nSPS) is 11.6. The van der Waals surface area contributed by atoms with Crippen LogP contribution in [-0.4, -0.2) is 5.52 Å². The van der Waals surface area contributed by atoms with Crippen LogP contribution in [-0.2, 0) is 0 Å². The molecule has 1 unspecified atom stereocenters. The number of carbonyl (C=O) groups is 1. The molecule has 1 nitrogen and oxygen atoms in total. The summed E-state index contributed by atoms with van der Waals surface area (Å²) in [6, 6.07) is 14.6. The average molecular weight is 348 g/mol. The summed E-state index contributed by atoms with van der Waals surface area (Å²) in [6.45, 7) is 13.2. The van der Waals surface area contributed by atoms with Gasteiger partial charge in [0, 0.05) is 5.56 Å². The van der Waals surface area contributed by atoms with E-state index in [2.05, 4.69) is 53.7 Å². The van der Waals surface area contributed by atoms with Crippen LogP contribution in [0.25, 0.3) is 0 Å². The van der Waals surface area contributed by atoms with Crippen LogP contribution >= 0.6 is 8.58 Å². The van der Waals surface area contributed by atoms with E-state index in [1.807, 2.05) is 30.3 Å². The van der Waals surface area contributed by atoms with Gasteiger partial charge < -0.3 is 1.43 Å². The summed E-state index contributed by atoms with van der Waals surface area (Å²) in [7, 11) is 0.186. The Morgan fingerprint density at radius 1 is 0.840 bits per heavy atom. The molecular formula is C22H30LiOP. The topological polar surface area (TPSA) is 17.1 Å². The van der Waals surface area contributed by atoms with Gasteiger partial charge in [-0.3, -0.25) is 4.79 Å². The Morgan fingerprint density at radius 3 is 1.72 bits per heavy atom. The van der Waals surface area contributed by atoms with Gasteiger partial charge in [0.2, 0.25) is 0 Å². The second-order valence-electron chi connectivity index (χ2n) is 7.36. The van der Waals surface area contributed by atoms with Crippen LogP contribution in [0.2, 0.25) is 0 Å². The molecule has 0 heterocycles. The Hall–Kier alpha value is -0.863. The van der Waals surface area contributed by atoms with Gasteiger partial charge in [0.05, 0.1) is 0 Å². The van der Waals surface area contributed by atoms with Gasteiger partial charge in [-0.05, 0) is 48.3 Å². The van der Waals surface area contributed by atoms with Crippen LogP contribution in [0.4, 0.5) is 0 Å². The van der Waals surface area contributed by atoms with E-state index >= 15 is 0 Å². The van der Waals surface area contributed by atoms with E-state index in [0.29, 0.717) is 17.8 Å². The van der Waals surface area contributed by atoms with Gasteiger partial charge >= 0.3 is 18.9 Å². The summed E-state index contributed by atoms with van der Waals surface area (Å²) < 4.78 is 0. The molecule has 0 fully saturated rings. The standard InChI is InChI=1S/C22H29OP.Li.H/c1-14(2)17-12-19(15(3)4)21(20(13-17)16(5)6)22(23)24-18-10-8-7-9-11-18;;/h7-16,24H,1-6H3;;/q;+1;-1. The Balaban J connectivity index is 0.00000312. The third kappa shape index (κ3) is 5.56. The zero-order valence-electron chi connectivity index (χ0n) is 17.7. The molecule has 0 aromatic heterocycles. The molecule has 0 spiro atoms. The number of benzene rings is 2. The van der Waals surface area contributed by atoms with E-state index in [-0.39, 0.29) is 34.4 Å². The van der Waals surface area contributed by atoms with E-state index in [1.165, 1.54) is 16.7 Å².